The molecule has 2 aromatic rings. The van der Waals surface area contributed by atoms with E-state index in [-0.39, 0.29) is 23.0 Å². The second-order valence-corrected chi connectivity index (χ2v) is 8.41. The van der Waals surface area contributed by atoms with Gasteiger partial charge >= 0.3 is 5.97 Å². The second kappa shape index (κ2) is 11.7. The summed E-state index contributed by atoms with van der Waals surface area (Å²) in [6.07, 6.45) is 0.582. The van der Waals surface area contributed by atoms with E-state index < -0.39 is 12.1 Å². The first-order valence-corrected chi connectivity index (χ1v) is 11.4. The van der Waals surface area contributed by atoms with Crippen LogP contribution in [0.15, 0.2) is 35.9 Å². The molecule has 9 heteroatoms. The number of benzene rings is 2. The molecule has 1 heterocycles. The lowest BCUT2D eigenvalue weighted by molar-refractivity contribution is -0.141. The molecule has 2 aromatic carbocycles. The zero-order valence-corrected chi connectivity index (χ0v) is 20.8. The highest BCUT2D eigenvalue weighted by molar-refractivity contribution is 6.32. The lowest BCUT2D eigenvalue weighted by Crippen LogP contribution is -2.41. The van der Waals surface area contributed by atoms with Gasteiger partial charge in [-0.3, -0.25) is 4.79 Å². The Morgan fingerprint density at radius 1 is 1.14 bits per heavy atom. The molecule has 0 aliphatic carbocycles. The van der Waals surface area contributed by atoms with Crippen molar-refractivity contribution in [3.63, 3.8) is 0 Å². The van der Waals surface area contributed by atoms with Gasteiger partial charge in [0.2, 0.25) is 0 Å². The van der Waals surface area contributed by atoms with Crippen LogP contribution in [-0.4, -0.2) is 56.3 Å². The van der Waals surface area contributed by atoms with E-state index in [1.54, 1.807) is 42.2 Å². The standard InChI is InChI=1S/C26H27ClN2O6/c1-16-11-21(12-17(2)24(16)27)34-18(3)26(31)35-22-6-5-19(14-23(22)32-4)13-20(15-28)25(30)29-7-9-33-10-8-29/h5-6,11-14,18H,7-10H2,1-4H3/b20-13+. The Morgan fingerprint density at radius 3 is 2.40 bits per heavy atom. The number of amides is 1. The van der Waals surface area contributed by atoms with Crippen molar-refractivity contribution in [2.45, 2.75) is 26.9 Å². The monoisotopic (exact) mass is 498 g/mol. The van der Waals surface area contributed by atoms with Gasteiger partial charge in [-0.2, -0.15) is 5.26 Å². The fraction of sp³-hybridized carbons (Fsp3) is 0.346. The average Bonchev–Trinajstić information content (AvgIpc) is 2.86. The summed E-state index contributed by atoms with van der Waals surface area (Å²) < 4.78 is 21.9. The van der Waals surface area contributed by atoms with Gasteiger partial charge in [-0.25, -0.2) is 4.79 Å². The molecule has 1 fully saturated rings. The van der Waals surface area contributed by atoms with Crippen LogP contribution >= 0.6 is 11.6 Å². The lowest BCUT2D eigenvalue weighted by atomic mass is 10.1. The van der Waals surface area contributed by atoms with E-state index in [2.05, 4.69) is 0 Å². The highest BCUT2D eigenvalue weighted by Crippen LogP contribution is 2.30. The molecule has 8 nitrogen and oxygen atoms in total. The van der Waals surface area contributed by atoms with Gasteiger partial charge < -0.3 is 23.8 Å². The van der Waals surface area contributed by atoms with Gasteiger partial charge in [0.05, 0.1) is 20.3 Å². The maximum absolute atomic E-state index is 12.7. The van der Waals surface area contributed by atoms with Gasteiger partial charge in [0.15, 0.2) is 17.6 Å². The number of morpholine rings is 1. The fourth-order valence-electron chi connectivity index (χ4n) is 3.52. The number of aryl methyl sites for hydroxylation is 2. The fourth-order valence-corrected chi connectivity index (χ4v) is 3.63. The number of carbonyl (C=O) groups is 2. The quantitative estimate of drug-likeness (QED) is 0.245. The molecular weight excluding hydrogens is 472 g/mol. The zero-order chi connectivity index (χ0) is 25.5. The Bertz CT molecular complexity index is 1160. The molecule has 0 saturated carbocycles. The molecule has 0 bridgehead atoms. The number of hydrogen-bond donors (Lipinski definition) is 0. The summed E-state index contributed by atoms with van der Waals surface area (Å²) in [6.45, 7) is 7.06. The normalized spacial score (nSPS) is 14.6. The number of esters is 1. The Labute approximate surface area is 209 Å². The average molecular weight is 499 g/mol. The van der Waals surface area contributed by atoms with E-state index >= 15 is 0 Å². The number of hydrogen-bond acceptors (Lipinski definition) is 7. The van der Waals surface area contributed by atoms with Crippen LogP contribution < -0.4 is 14.2 Å². The summed E-state index contributed by atoms with van der Waals surface area (Å²) in [5.41, 5.74) is 2.23. The zero-order valence-electron chi connectivity index (χ0n) is 20.1. The van der Waals surface area contributed by atoms with E-state index in [4.69, 9.17) is 30.5 Å². The molecule has 3 rings (SSSR count). The number of rotatable bonds is 7. The topological polar surface area (TPSA) is 98.1 Å². The van der Waals surface area contributed by atoms with Crippen molar-refractivity contribution in [2.24, 2.45) is 0 Å². The van der Waals surface area contributed by atoms with Crippen LogP contribution in [0.4, 0.5) is 0 Å². The van der Waals surface area contributed by atoms with Crippen molar-refractivity contribution in [2.75, 3.05) is 33.4 Å². The van der Waals surface area contributed by atoms with Crippen molar-refractivity contribution in [3.8, 4) is 23.3 Å². The van der Waals surface area contributed by atoms with Gasteiger partial charge in [-0.1, -0.05) is 17.7 Å². The van der Waals surface area contributed by atoms with Crippen LogP contribution in [0.3, 0.4) is 0 Å². The number of halogens is 1. The van der Waals surface area contributed by atoms with Crippen LogP contribution in [0, 0.1) is 25.2 Å². The largest absolute Gasteiger partial charge is 0.493 e. The smallest absolute Gasteiger partial charge is 0.352 e. The van der Waals surface area contributed by atoms with Gasteiger partial charge in [0, 0.05) is 18.1 Å². The maximum atomic E-state index is 12.7. The summed E-state index contributed by atoms with van der Waals surface area (Å²) in [7, 11) is 1.43. The first kappa shape index (κ1) is 26.1. The van der Waals surface area contributed by atoms with Gasteiger partial charge in [0.25, 0.3) is 5.91 Å². The summed E-state index contributed by atoms with van der Waals surface area (Å²) in [5.74, 6) is -0.00332. The minimum absolute atomic E-state index is 0.00530. The van der Waals surface area contributed by atoms with Crippen molar-refractivity contribution in [1.29, 1.82) is 5.26 Å². The third kappa shape index (κ3) is 6.53. The van der Waals surface area contributed by atoms with Crippen LogP contribution in [0.5, 0.6) is 17.2 Å². The van der Waals surface area contributed by atoms with E-state index in [1.807, 2.05) is 19.9 Å². The van der Waals surface area contributed by atoms with E-state index in [9.17, 15) is 14.9 Å². The van der Waals surface area contributed by atoms with Crippen LogP contribution in [0.25, 0.3) is 6.08 Å². The Morgan fingerprint density at radius 2 is 1.80 bits per heavy atom. The minimum atomic E-state index is -0.893. The molecule has 35 heavy (non-hydrogen) atoms. The van der Waals surface area contributed by atoms with Crippen LogP contribution in [0.2, 0.25) is 5.02 Å². The van der Waals surface area contributed by atoms with Crippen molar-refractivity contribution < 1.29 is 28.5 Å². The molecule has 1 aliphatic rings. The number of methoxy groups -OCH3 is 1. The molecule has 0 spiro atoms. The predicted octanol–water partition coefficient (Wildman–Crippen LogP) is 4.10. The molecule has 1 amide bonds. The van der Waals surface area contributed by atoms with Crippen molar-refractivity contribution in [3.05, 3.63) is 57.6 Å². The highest BCUT2D eigenvalue weighted by Gasteiger charge is 2.22. The van der Waals surface area contributed by atoms with E-state index in [1.165, 1.54) is 13.2 Å². The number of nitriles is 1. The molecule has 1 atom stereocenters. The summed E-state index contributed by atoms with van der Waals surface area (Å²) >= 11 is 6.19. The maximum Gasteiger partial charge on any atom is 0.352 e. The van der Waals surface area contributed by atoms with Gasteiger partial charge in [-0.15, -0.1) is 0 Å². The van der Waals surface area contributed by atoms with E-state index in [0.717, 1.165) is 11.1 Å². The summed E-state index contributed by atoms with van der Waals surface area (Å²) in [5, 5.41) is 10.2. The SMILES string of the molecule is COc1cc(/C=C(\C#N)C(=O)N2CCOCC2)ccc1OC(=O)C(C)Oc1cc(C)c(Cl)c(C)c1. The number of ether oxygens (including phenoxy) is 4. The summed E-state index contributed by atoms with van der Waals surface area (Å²) in [6, 6.07) is 10.2. The second-order valence-electron chi connectivity index (χ2n) is 8.04. The lowest BCUT2D eigenvalue weighted by Gasteiger charge is -2.26. The first-order valence-electron chi connectivity index (χ1n) is 11.1. The first-order chi connectivity index (χ1) is 16.7. The highest BCUT2D eigenvalue weighted by atomic mass is 35.5. The van der Waals surface area contributed by atoms with Crippen molar-refractivity contribution >= 4 is 29.6 Å². The minimum Gasteiger partial charge on any atom is -0.493 e. The molecule has 0 N–H and O–H groups in total. The van der Waals surface area contributed by atoms with Gasteiger partial charge in [0.1, 0.15) is 17.4 Å². The number of nitrogens with zero attached hydrogens (tertiary/aromatic N) is 2. The van der Waals surface area contributed by atoms with Gasteiger partial charge in [-0.05, 0) is 67.8 Å². The molecule has 1 unspecified atom stereocenters. The predicted molar refractivity (Wildman–Crippen MR) is 131 cm³/mol. The van der Waals surface area contributed by atoms with Crippen molar-refractivity contribution in [1.82, 2.24) is 4.90 Å². The molecule has 184 valence electrons. The Kier molecular flexibility index (Phi) is 8.74. The molecule has 1 saturated heterocycles. The molecule has 0 aromatic heterocycles. The summed E-state index contributed by atoms with van der Waals surface area (Å²) in [4.78, 5) is 26.9. The molecular formula is C26H27ClN2O6. The number of carbonyl (C=O) groups excluding carboxylic acids is 2. The van der Waals surface area contributed by atoms with E-state index in [0.29, 0.717) is 42.6 Å². The van der Waals surface area contributed by atoms with Crippen LogP contribution in [0.1, 0.15) is 23.6 Å². The van der Waals surface area contributed by atoms with Crippen LogP contribution in [-0.2, 0) is 14.3 Å². The third-order valence-corrected chi connectivity index (χ3v) is 6.01. The molecule has 1 aliphatic heterocycles. The Balaban J connectivity index is 1.72. The Hall–Kier alpha value is -3.54. The molecule has 0 radical (unpaired) electrons. The third-order valence-electron chi connectivity index (χ3n) is 5.41.